The van der Waals surface area contributed by atoms with Gasteiger partial charge in [0.15, 0.2) is 17.5 Å². The number of carbonyl (C=O) groups excluding carboxylic acids is 7. The van der Waals surface area contributed by atoms with Crippen LogP contribution in [0.2, 0.25) is 0 Å². The molecule has 69 heavy (non-hydrogen) atoms. The average molecular weight is 954 g/mol. The number of aliphatic hydroxyl groups excluding tert-OH is 1. The Morgan fingerprint density at radius 3 is 1.96 bits per heavy atom. The van der Waals surface area contributed by atoms with Crippen LogP contribution in [-0.4, -0.2) is 117 Å². The van der Waals surface area contributed by atoms with Crippen LogP contribution in [0.25, 0.3) is 0 Å². The first-order valence-corrected chi connectivity index (χ1v) is 22.5. The molecule has 366 valence electrons. The van der Waals surface area contributed by atoms with Crippen LogP contribution in [0.1, 0.15) is 99.5 Å². The predicted octanol–water partition coefficient (Wildman–Crippen LogP) is 4.15. The maximum absolute atomic E-state index is 15.7. The Morgan fingerprint density at radius 2 is 1.41 bits per heavy atom. The molecule has 4 aliphatic rings. The molecule has 3 aromatic rings. The Hall–Kier alpha value is -6.76. The molecule has 2 saturated carbocycles. The smallest absolute Gasteiger partial charge is 0.350 e. The van der Waals surface area contributed by atoms with Crippen molar-refractivity contribution in [2.24, 2.45) is 16.7 Å². The van der Waals surface area contributed by atoms with Gasteiger partial charge in [0.25, 0.3) is 5.91 Å². The third-order valence-electron chi connectivity index (χ3n) is 14.3. The van der Waals surface area contributed by atoms with Crippen molar-refractivity contribution in [3.05, 3.63) is 119 Å². The Bertz CT molecular complexity index is 2550. The van der Waals surface area contributed by atoms with Crippen LogP contribution in [0, 0.1) is 16.7 Å². The number of aliphatic hydroxyl groups is 2. The summed E-state index contributed by atoms with van der Waals surface area (Å²) in [6.45, 7) is 7.68. The Labute approximate surface area is 397 Å². The van der Waals surface area contributed by atoms with E-state index in [1.54, 1.807) is 66.7 Å². The number of rotatable bonds is 14. The second-order valence-electron chi connectivity index (χ2n) is 18.7. The fourth-order valence-electron chi connectivity index (χ4n) is 10.7. The van der Waals surface area contributed by atoms with E-state index >= 15 is 9.59 Å². The van der Waals surface area contributed by atoms with Gasteiger partial charge in [0, 0.05) is 37.7 Å². The maximum atomic E-state index is 15.7. The van der Waals surface area contributed by atoms with E-state index in [2.05, 4.69) is 5.32 Å². The molecule has 3 fully saturated rings. The molecule has 2 bridgehead atoms. The minimum atomic E-state index is -2.50. The summed E-state index contributed by atoms with van der Waals surface area (Å²) >= 11 is 0. The summed E-state index contributed by atoms with van der Waals surface area (Å²) in [6.07, 6.45) is -12.5. The van der Waals surface area contributed by atoms with Crippen LogP contribution < -0.4 is 5.32 Å². The van der Waals surface area contributed by atoms with Gasteiger partial charge in [-0.25, -0.2) is 9.59 Å². The summed E-state index contributed by atoms with van der Waals surface area (Å²) in [5, 5.41) is 38.2. The number of hydrogen-bond donors (Lipinski definition) is 4. The van der Waals surface area contributed by atoms with Crippen LogP contribution in [0.3, 0.4) is 0 Å². The molecule has 18 heteroatoms. The lowest BCUT2D eigenvalue weighted by molar-refractivity contribution is -0.346. The zero-order valence-electron chi connectivity index (χ0n) is 38.9. The molecule has 1 heterocycles. The van der Waals surface area contributed by atoms with Gasteiger partial charge in [0.1, 0.15) is 30.0 Å². The standard InChI is InChI=1S/C51H55NO17/c1-27-33(66-47(62)41(67-37(58)23-22-36(56)57)39(30-16-10-7-11-17-30)52-45(60)31-18-12-8-13-19-31)25-51(63)44(68-46(61)32-20-14-9-15-21-32)42-49(6,34(55)24-35-50(42,26-64-35)69-29(3)54)43(59)40(65-28(2)53)38(27)48(51,4)5/h7-21,33-35,39-42,44,55,63H,22-26H2,1-6H3,(H,52,60)(H,56,57)/t33-,34-,35+,39-,40+,41+,42?,44?,49+,50-,51+/m0/s1. The van der Waals surface area contributed by atoms with Crippen molar-refractivity contribution in [2.75, 3.05) is 6.61 Å². The van der Waals surface area contributed by atoms with E-state index in [0.29, 0.717) is 0 Å². The van der Waals surface area contributed by atoms with Gasteiger partial charge < -0.3 is 49.1 Å². The molecule has 1 amide bonds. The zero-order chi connectivity index (χ0) is 50.2. The summed E-state index contributed by atoms with van der Waals surface area (Å²) in [5.41, 5.74) is -7.77. The number of amides is 1. The first-order valence-electron chi connectivity index (χ1n) is 22.5. The number of esters is 5. The van der Waals surface area contributed by atoms with E-state index in [1.165, 1.54) is 52.0 Å². The van der Waals surface area contributed by atoms with E-state index < -0.39 is 137 Å². The molecule has 18 nitrogen and oxygen atoms in total. The zero-order valence-corrected chi connectivity index (χ0v) is 38.9. The molecule has 7 rings (SSSR count). The quantitative estimate of drug-likeness (QED) is 0.100. The fourth-order valence-corrected chi connectivity index (χ4v) is 10.7. The van der Waals surface area contributed by atoms with Crippen LogP contribution in [0.15, 0.2) is 102 Å². The number of aliphatic carboxylic acids is 1. The van der Waals surface area contributed by atoms with Crippen molar-refractivity contribution < 1.29 is 82.1 Å². The summed E-state index contributed by atoms with van der Waals surface area (Å²) < 4.78 is 36.3. The summed E-state index contributed by atoms with van der Waals surface area (Å²) in [7, 11) is 0. The van der Waals surface area contributed by atoms with Crippen molar-refractivity contribution >= 4 is 47.5 Å². The Kier molecular flexibility index (Phi) is 14.0. The summed E-state index contributed by atoms with van der Waals surface area (Å²) in [4.78, 5) is 110. The van der Waals surface area contributed by atoms with Gasteiger partial charge >= 0.3 is 35.8 Å². The van der Waals surface area contributed by atoms with Crippen LogP contribution in [0.4, 0.5) is 0 Å². The van der Waals surface area contributed by atoms with E-state index in [1.807, 2.05) is 0 Å². The second kappa shape index (κ2) is 19.3. The Balaban J connectivity index is 1.42. The molecule has 0 aromatic heterocycles. The highest BCUT2D eigenvalue weighted by atomic mass is 16.6. The molecule has 2 unspecified atom stereocenters. The number of carboxylic acids is 1. The molecule has 0 radical (unpaired) electrons. The topological polar surface area (TPSA) is 265 Å². The van der Waals surface area contributed by atoms with Crippen molar-refractivity contribution in [3.63, 3.8) is 0 Å². The van der Waals surface area contributed by atoms with Crippen molar-refractivity contribution in [3.8, 4) is 0 Å². The molecule has 1 aliphatic heterocycles. The molecule has 3 aromatic carbocycles. The van der Waals surface area contributed by atoms with E-state index in [9.17, 15) is 44.1 Å². The van der Waals surface area contributed by atoms with Gasteiger partial charge in [-0.15, -0.1) is 0 Å². The molecule has 4 N–H and O–H groups in total. The SMILES string of the molecule is CC(=O)O[C@H]1C(=O)[C@@]2(C)C(C(OC(=O)c3ccccc3)[C@]3(O)C[C@H](OC(=O)[C@H](OC(=O)CCC(=O)O)[C@@H](NC(=O)c4ccccc4)c4ccccc4)C(C)=C1C3(C)C)[C@]1(OC(C)=O)CO[C@@H]1C[C@@H]2O. The second-order valence-corrected chi connectivity index (χ2v) is 18.7. The number of fused-ring (bicyclic) bond motifs is 5. The first-order chi connectivity index (χ1) is 32.6. The molecule has 0 spiro atoms. The van der Waals surface area contributed by atoms with Crippen LogP contribution >= 0.6 is 0 Å². The number of carboxylic acid groups (broad SMARTS) is 1. The highest BCUT2D eigenvalue weighted by molar-refractivity contribution is 5.96. The Morgan fingerprint density at radius 1 is 0.812 bits per heavy atom. The van der Waals surface area contributed by atoms with Crippen molar-refractivity contribution in [1.29, 1.82) is 0 Å². The summed E-state index contributed by atoms with van der Waals surface area (Å²) in [6, 6.07) is 22.1. The van der Waals surface area contributed by atoms with Gasteiger partial charge in [-0.2, -0.15) is 0 Å². The molecular formula is C51H55NO17. The van der Waals surface area contributed by atoms with Crippen LogP contribution in [-0.2, 0) is 57.2 Å². The van der Waals surface area contributed by atoms with E-state index in [4.69, 9.17) is 28.4 Å². The number of ketones is 1. The summed E-state index contributed by atoms with van der Waals surface area (Å²) in [5.74, 6) is -9.78. The highest BCUT2D eigenvalue weighted by Gasteiger charge is 2.78. The van der Waals surface area contributed by atoms with Gasteiger partial charge in [-0.05, 0) is 54.8 Å². The molecule has 1 saturated heterocycles. The molecule has 11 atom stereocenters. The lowest BCUT2D eigenvalue weighted by Gasteiger charge is -2.67. The highest BCUT2D eigenvalue weighted by Crippen LogP contribution is 2.64. The lowest BCUT2D eigenvalue weighted by Crippen LogP contribution is -2.82. The normalized spacial score (nSPS) is 29.7. The maximum Gasteiger partial charge on any atom is 0.350 e. The largest absolute Gasteiger partial charge is 0.481 e. The number of ether oxygens (including phenoxy) is 6. The fraction of sp³-hybridized carbons (Fsp3) is 0.451. The van der Waals surface area contributed by atoms with Crippen molar-refractivity contribution in [2.45, 2.75) is 121 Å². The van der Waals surface area contributed by atoms with Crippen molar-refractivity contribution in [1.82, 2.24) is 5.32 Å². The van der Waals surface area contributed by atoms with Gasteiger partial charge in [-0.3, -0.25) is 28.8 Å². The molecular weight excluding hydrogens is 899 g/mol. The number of hydrogen-bond acceptors (Lipinski definition) is 16. The van der Waals surface area contributed by atoms with Gasteiger partial charge in [0.2, 0.25) is 6.10 Å². The van der Waals surface area contributed by atoms with E-state index in [-0.39, 0.29) is 40.9 Å². The third kappa shape index (κ3) is 9.15. The third-order valence-corrected chi connectivity index (χ3v) is 14.3. The van der Waals surface area contributed by atoms with Gasteiger partial charge in [0.05, 0.1) is 42.4 Å². The minimum Gasteiger partial charge on any atom is -0.481 e. The van der Waals surface area contributed by atoms with Gasteiger partial charge in [-0.1, -0.05) is 80.6 Å². The number of carbonyl (C=O) groups is 8. The minimum absolute atomic E-state index is 0.0221. The van der Waals surface area contributed by atoms with Crippen LogP contribution in [0.5, 0.6) is 0 Å². The number of benzene rings is 3. The average Bonchev–Trinajstić information content (AvgIpc) is 3.30. The predicted molar refractivity (Wildman–Crippen MR) is 238 cm³/mol. The molecule has 3 aliphatic carbocycles. The lowest BCUT2D eigenvalue weighted by atomic mass is 9.44. The first kappa shape index (κ1) is 50.1. The van der Waals surface area contributed by atoms with E-state index in [0.717, 1.165) is 13.8 Å². The number of nitrogens with one attached hydrogen (secondary N) is 1. The number of Topliss-reactive ketones (excluding diaryl/α,β-unsaturated/α-hetero) is 1. The monoisotopic (exact) mass is 953 g/mol.